The number of halogens is 1. The number of hydrogen-bond acceptors (Lipinski definition) is 6. The molecule has 0 bridgehead atoms. The number of nitrogens with zero attached hydrogens (tertiary/aromatic N) is 1. The van der Waals surface area contributed by atoms with E-state index in [1.807, 2.05) is 41.9 Å². The van der Waals surface area contributed by atoms with Crippen molar-refractivity contribution in [1.29, 1.82) is 0 Å². The Labute approximate surface area is 183 Å². The Kier molecular flexibility index (Phi) is 6.66. The molecule has 8 heteroatoms. The standard InChI is InChI=1S/C22H23BrN2O5/c1-5-29-22(27)21-16-10-20(30-13(2)26)17(23)11-18(16)25(3)19(21)12-24-14-6-8-15(28-4)9-7-14/h6-11,24H,5,12H2,1-4H3. The van der Waals surface area contributed by atoms with Gasteiger partial charge in [0.1, 0.15) is 11.5 Å². The zero-order chi connectivity index (χ0) is 21.8. The third kappa shape index (κ3) is 4.43. The number of benzene rings is 2. The Morgan fingerprint density at radius 3 is 2.47 bits per heavy atom. The van der Waals surface area contributed by atoms with Crippen molar-refractivity contribution >= 4 is 44.5 Å². The normalized spacial score (nSPS) is 10.7. The molecule has 0 aliphatic rings. The molecule has 7 nitrogen and oxygen atoms in total. The van der Waals surface area contributed by atoms with E-state index < -0.39 is 11.9 Å². The molecule has 3 rings (SSSR count). The first-order valence-electron chi connectivity index (χ1n) is 9.40. The molecule has 2 aromatic carbocycles. The number of carbonyl (C=O) groups is 2. The number of rotatable bonds is 7. The van der Waals surface area contributed by atoms with Crippen LogP contribution in [-0.4, -0.2) is 30.2 Å². The molecule has 0 saturated heterocycles. The Hall–Kier alpha value is -3.00. The second kappa shape index (κ2) is 9.21. The monoisotopic (exact) mass is 474 g/mol. The number of carbonyl (C=O) groups excluding carboxylic acids is 2. The lowest BCUT2D eigenvalue weighted by molar-refractivity contribution is -0.131. The Bertz CT molecular complexity index is 1090. The van der Waals surface area contributed by atoms with E-state index in [-0.39, 0.29) is 6.61 Å². The van der Waals surface area contributed by atoms with Crippen molar-refractivity contribution in [3.05, 3.63) is 52.1 Å². The van der Waals surface area contributed by atoms with Crippen LogP contribution in [-0.2, 0) is 23.1 Å². The zero-order valence-corrected chi connectivity index (χ0v) is 18.8. The third-order valence-corrected chi connectivity index (χ3v) is 5.28. The lowest BCUT2D eigenvalue weighted by atomic mass is 10.1. The summed E-state index contributed by atoms with van der Waals surface area (Å²) in [6.07, 6.45) is 0. The highest BCUT2D eigenvalue weighted by atomic mass is 79.9. The maximum atomic E-state index is 12.8. The van der Waals surface area contributed by atoms with E-state index in [4.69, 9.17) is 14.2 Å². The number of nitrogens with one attached hydrogen (secondary N) is 1. The van der Waals surface area contributed by atoms with E-state index in [0.29, 0.717) is 27.7 Å². The molecule has 30 heavy (non-hydrogen) atoms. The van der Waals surface area contributed by atoms with Gasteiger partial charge in [-0.15, -0.1) is 0 Å². The van der Waals surface area contributed by atoms with Gasteiger partial charge in [-0.3, -0.25) is 4.79 Å². The maximum absolute atomic E-state index is 12.8. The molecule has 158 valence electrons. The van der Waals surface area contributed by atoms with Crippen LogP contribution in [0, 0.1) is 0 Å². The second-order valence-corrected chi connectivity index (χ2v) is 7.43. The van der Waals surface area contributed by atoms with Crippen LogP contribution < -0.4 is 14.8 Å². The van der Waals surface area contributed by atoms with Gasteiger partial charge in [0.25, 0.3) is 0 Å². The van der Waals surface area contributed by atoms with Gasteiger partial charge in [-0.25, -0.2) is 4.79 Å². The molecule has 1 N–H and O–H groups in total. The Morgan fingerprint density at radius 1 is 1.17 bits per heavy atom. The van der Waals surface area contributed by atoms with Gasteiger partial charge in [0.2, 0.25) is 0 Å². The van der Waals surface area contributed by atoms with Crippen molar-refractivity contribution < 1.29 is 23.8 Å². The van der Waals surface area contributed by atoms with Gasteiger partial charge in [0, 0.05) is 25.0 Å². The lowest BCUT2D eigenvalue weighted by Crippen LogP contribution is -2.12. The molecule has 0 aliphatic heterocycles. The van der Waals surface area contributed by atoms with Crippen LogP contribution in [0.5, 0.6) is 11.5 Å². The van der Waals surface area contributed by atoms with Crippen molar-refractivity contribution in [2.45, 2.75) is 20.4 Å². The summed E-state index contributed by atoms with van der Waals surface area (Å²) >= 11 is 3.44. The minimum absolute atomic E-state index is 0.258. The Morgan fingerprint density at radius 2 is 1.87 bits per heavy atom. The van der Waals surface area contributed by atoms with Gasteiger partial charge < -0.3 is 24.1 Å². The highest BCUT2D eigenvalue weighted by Gasteiger charge is 2.24. The van der Waals surface area contributed by atoms with Crippen molar-refractivity contribution in [3.63, 3.8) is 0 Å². The predicted octanol–water partition coefficient (Wildman–Crippen LogP) is 4.66. The molecule has 0 aliphatic carbocycles. The van der Waals surface area contributed by atoms with Crippen LogP contribution in [0.15, 0.2) is 40.9 Å². The molecule has 0 spiro atoms. The summed E-state index contributed by atoms with van der Waals surface area (Å²) in [5, 5.41) is 3.99. The molecule has 0 atom stereocenters. The number of methoxy groups -OCH3 is 1. The zero-order valence-electron chi connectivity index (χ0n) is 17.2. The molecule has 0 amide bonds. The molecule has 0 fully saturated rings. The summed E-state index contributed by atoms with van der Waals surface area (Å²) in [5.41, 5.74) is 2.90. The third-order valence-electron chi connectivity index (χ3n) is 4.66. The first-order chi connectivity index (χ1) is 14.3. The van der Waals surface area contributed by atoms with Gasteiger partial charge in [-0.2, -0.15) is 0 Å². The maximum Gasteiger partial charge on any atom is 0.340 e. The fourth-order valence-corrected chi connectivity index (χ4v) is 3.67. The van der Waals surface area contributed by atoms with Crippen molar-refractivity contribution in [2.24, 2.45) is 7.05 Å². The minimum Gasteiger partial charge on any atom is -0.497 e. The fraction of sp³-hybridized carbons (Fsp3) is 0.273. The van der Waals surface area contributed by atoms with Crippen LogP contribution in [0.4, 0.5) is 5.69 Å². The van der Waals surface area contributed by atoms with Crippen molar-refractivity contribution in [2.75, 3.05) is 19.0 Å². The SMILES string of the molecule is CCOC(=O)c1c(CNc2ccc(OC)cc2)n(C)c2cc(Br)c(OC(C)=O)cc12. The molecule has 0 radical (unpaired) electrons. The van der Waals surface area contributed by atoms with Crippen molar-refractivity contribution in [3.8, 4) is 11.5 Å². The second-order valence-electron chi connectivity index (χ2n) is 6.58. The van der Waals surface area contributed by atoms with Crippen LogP contribution in [0.2, 0.25) is 0 Å². The topological polar surface area (TPSA) is 78.8 Å². The summed E-state index contributed by atoms with van der Waals surface area (Å²) in [4.78, 5) is 24.2. The van der Waals surface area contributed by atoms with Crippen molar-refractivity contribution in [1.82, 2.24) is 4.57 Å². The van der Waals surface area contributed by atoms with Crippen LogP contribution in [0.1, 0.15) is 29.9 Å². The molecule has 1 heterocycles. The number of ether oxygens (including phenoxy) is 3. The number of hydrogen-bond donors (Lipinski definition) is 1. The molecular weight excluding hydrogens is 452 g/mol. The van der Waals surface area contributed by atoms with Gasteiger partial charge in [-0.1, -0.05) is 0 Å². The molecule has 0 saturated carbocycles. The van der Waals surface area contributed by atoms with Gasteiger partial charge >= 0.3 is 11.9 Å². The highest BCUT2D eigenvalue weighted by Crippen LogP contribution is 2.35. The summed E-state index contributed by atoms with van der Waals surface area (Å²) in [6, 6.07) is 11.0. The van der Waals surface area contributed by atoms with Crippen LogP contribution in [0.3, 0.4) is 0 Å². The van der Waals surface area contributed by atoms with Gasteiger partial charge in [0.15, 0.2) is 0 Å². The highest BCUT2D eigenvalue weighted by molar-refractivity contribution is 9.10. The predicted molar refractivity (Wildman–Crippen MR) is 118 cm³/mol. The molecular formula is C22H23BrN2O5. The smallest absolute Gasteiger partial charge is 0.340 e. The summed E-state index contributed by atoms with van der Waals surface area (Å²) in [5.74, 6) is 0.247. The number of fused-ring (bicyclic) bond motifs is 1. The quantitative estimate of drug-likeness (QED) is 0.396. The van der Waals surface area contributed by atoms with E-state index in [1.165, 1.54) is 6.92 Å². The number of esters is 2. The summed E-state index contributed by atoms with van der Waals surface area (Å²) < 4.78 is 18.3. The fourth-order valence-electron chi connectivity index (χ4n) is 3.25. The molecule has 0 unspecified atom stereocenters. The molecule has 1 aromatic heterocycles. The van der Waals surface area contributed by atoms with Gasteiger partial charge in [0.05, 0.1) is 41.5 Å². The van der Waals surface area contributed by atoms with E-state index in [2.05, 4.69) is 21.2 Å². The lowest BCUT2D eigenvalue weighted by Gasteiger charge is -2.11. The van der Waals surface area contributed by atoms with E-state index in [9.17, 15) is 9.59 Å². The van der Waals surface area contributed by atoms with E-state index in [0.717, 1.165) is 22.6 Å². The van der Waals surface area contributed by atoms with E-state index >= 15 is 0 Å². The number of aromatic nitrogens is 1. The van der Waals surface area contributed by atoms with Crippen LogP contribution >= 0.6 is 15.9 Å². The van der Waals surface area contributed by atoms with Crippen LogP contribution in [0.25, 0.3) is 10.9 Å². The molecule has 3 aromatic rings. The number of aryl methyl sites for hydroxylation is 1. The first-order valence-corrected chi connectivity index (χ1v) is 10.2. The summed E-state index contributed by atoms with van der Waals surface area (Å²) in [6.45, 7) is 3.75. The minimum atomic E-state index is -0.440. The Balaban J connectivity index is 2.06. The average molecular weight is 475 g/mol. The average Bonchev–Trinajstić information content (AvgIpc) is 2.98. The van der Waals surface area contributed by atoms with Gasteiger partial charge in [-0.05, 0) is 59.3 Å². The van der Waals surface area contributed by atoms with E-state index in [1.54, 1.807) is 20.1 Å². The summed E-state index contributed by atoms with van der Waals surface area (Å²) in [7, 11) is 3.50. The largest absolute Gasteiger partial charge is 0.497 e. The number of anilines is 1. The first kappa shape index (κ1) is 21.7.